The van der Waals surface area contributed by atoms with Crippen molar-refractivity contribution in [2.75, 3.05) is 18.8 Å². The van der Waals surface area contributed by atoms with E-state index in [2.05, 4.69) is 28.2 Å². The molecule has 4 atom stereocenters. The number of thioether (sulfide) groups is 1. The van der Waals surface area contributed by atoms with Gasteiger partial charge in [-0.05, 0) is 38.2 Å². The number of rotatable bonds is 14. The zero-order valence-electron chi connectivity index (χ0n) is 18.8. The molecule has 0 radical (unpaired) electrons. The summed E-state index contributed by atoms with van der Waals surface area (Å²) in [5.41, 5.74) is 0. The van der Waals surface area contributed by atoms with Crippen LogP contribution in [0.4, 0.5) is 9.59 Å². The number of nitrogens with one attached hydrogen (secondary N) is 4. The Kier molecular flexibility index (Phi) is 11.6. The average molecular weight is 455 g/mol. The molecule has 31 heavy (non-hydrogen) atoms. The molecular formula is C22H38N4O4S. The van der Waals surface area contributed by atoms with Gasteiger partial charge in [-0.1, -0.05) is 32.8 Å². The molecule has 8 nitrogen and oxygen atoms in total. The van der Waals surface area contributed by atoms with Crippen molar-refractivity contribution in [3.8, 4) is 0 Å². The van der Waals surface area contributed by atoms with E-state index in [4.69, 9.17) is 4.74 Å². The number of allylic oxidation sites excluding steroid dienone is 1. The Morgan fingerprint density at radius 3 is 2.77 bits per heavy atom. The van der Waals surface area contributed by atoms with Gasteiger partial charge in [-0.2, -0.15) is 11.8 Å². The summed E-state index contributed by atoms with van der Waals surface area (Å²) in [6, 6.07) is 0.400. The summed E-state index contributed by atoms with van der Waals surface area (Å²) in [5.74, 6) is 0.952. The number of alkyl carbamates (subject to hydrolysis) is 1. The van der Waals surface area contributed by atoms with Crippen molar-refractivity contribution in [2.45, 2.75) is 88.7 Å². The lowest BCUT2D eigenvalue weighted by Crippen LogP contribution is -2.37. The second-order valence-corrected chi connectivity index (χ2v) is 9.34. The summed E-state index contributed by atoms with van der Waals surface area (Å²) in [4.78, 5) is 35.3. The molecule has 2 heterocycles. The molecule has 9 heteroatoms. The van der Waals surface area contributed by atoms with E-state index in [9.17, 15) is 14.4 Å². The smallest absolute Gasteiger partial charge is 0.407 e. The molecule has 0 aromatic rings. The molecule has 0 bridgehead atoms. The third-order valence-corrected chi connectivity index (χ3v) is 6.99. The third-order valence-electron chi connectivity index (χ3n) is 5.48. The maximum atomic E-state index is 12.0. The molecule has 0 spiro atoms. The molecule has 2 saturated heterocycles. The second-order valence-electron chi connectivity index (χ2n) is 8.07. The summed E-state index contributed by atoms with van der Waals surface area (Å²) in [6.07, 6.45) is 10.4. The van der Waals surface area contributed by atoms with Gasteiger partial charge < -0.3 is 26.0 Å². The van der Waals surface area contributed by atoms with Gasteiger partial charge in [0.15, 0.2) is 0 Å². The number of carbonyl (C=O) groups is 3. The van der Waals surface area contributed by atoms with Crippen LogP contribution in [0.3, 0.4) is 0 Å². The summed E-state index contributed by atoms with van der Waals surface area (Å²) in [6.45, 7) is 4.89. The molecule has 4 amide bonds. The number of carbonyl (C=O) groups excluding carboxylic acids is 3. The number of urea groups is 1. The topological polar surface area (TPSA) is 109 Å². The summed E-state index contributed by atoms with van der Waals surface area (Å²) >= 11 is 1.89. The van der Waals surface area contributed by atoms with Crippen LogP contribution in [0.25, 0.3) is 0 Å². The fraction of sp³-hybridized carbons (Fsp3) is 0.773. The molecule has 0 saturated carbocycles. The van der Waals surface area contributed by atoms with Crippen molar-refractivity contribution < 1.29 is 19.1 Å². The van der Waals surface area contributed by atoms with Crippen LogP contribution in [-0.4, -0.2) is 60.3 Å². The highest BCUT2D eigenvalue weighted by Gasteiger charge is 2.42. The maximum absolute atomic E-state index is 12.0. The highest BCUT2D eigenvalue weighted by Crippen LogP contribution is 2.33. The van der Waals surface area contributed by atoms with Gasteiger partial charge in [-0.3, -0.25) is 4.79 Å². The van der Waals surface area contributed by atoms with Crippen LogP contribution in [0, 0.1) is 0 Å². The fourth-order valence-corrected chi connectivity index (χ4v) is 5.34. The molecule has 4 unspecified atom stereocenters. The Bertz CT molecular complexity index is 616. The molecule has 2 fully saturated rings. The molecule has 4 N–H and O–H groups in total. The minimum atomic E-state index is -0.447. The Hall–Kier alpha value is -1.90. The SMILES string of the molecule is CC/C=C/C(CCCC)OC(=O)NCCNC(=O)CCCCC1SCC2NC(=O)NC21. The number of ether oxygens (including phenoxy) is 1. The molecule has 2 aliphatic rings. The van der Waals surface area contributed by atoms with E-state index in [1.165, 1.54) is 0 Å². The third kappa shape index (κ3) is 9.41. The van der Waals surface area contributed by atoms with Crippen molar-refractivity contribution in [2.24, 2.45) is 0 Å². The van der Waals surface area contributed by atoms with E-state index in [0.717, 1.165) is 50.7 Å². The monoisotopic (exact) mass is 454 g/mol. The van der Waals surface area contributed by atoms with E-state index in [1.807, 2.05) is 30.8 Å². The van der Waals surface area contributed by atoms with Crippen LogP contribution in [0.2, 0.25) is 0 Å². The molecule has 0 aliphatic carbocycles. The Morgan fingerprint density at radius 2 is 2.00 bits per heavy atom. The van der Waals surface area contributed by atoms with Crippen molar-refractivity contribution >= 4 is 29.8 Å². The number of hydrogen-bond donors (Lipinski definition) is 4. The van der Waals surface area contributed by atoms with E-state index in [1.54, 1.807) is 0 Å². The van der Waals surface area contributed by atoms with E-state index < -0.39 is 6.09 Å². The summed E-state index contributed by atoms with van der Waals surface area (Å²) < 4.78 is 5.44. The van der Waals surface area contributed by atoms with Gasteiger partial charge in [-0.25, -0.2) is 9.59 Å². The van der Waals surface area contributed by atoms with Crippen molar-refractivity contribution in [1.82, 2.24) is 21.3 Å². The standard InChI is InChI=1S/C22H38N4O4S/c1-3-5-9-16(10-6-4-2)30-22(29)24-14-13-23-19(27)12-8-7-11-18-20-17(15-31-18)25-21(28)26-20/h5,9,16-18,20H,3-4,6-8,10-15H2,1-2H3,(H,23,27)(H,24,29)(H2,25,26,28)/b9-5+. The van der Waals surface area contributed by atoms with Crippen LogP contribution in [0.1, 0.15) is 65.2 Å². The van der Waals surface area contributed by atoms with E-state index in [0.29, 0.717) is 24.8 Å². The second kappa shape index (κ2) is 14.2. The van der Waals surface area contributed by atoms with Gasteiger partial charge in [-0.15, -0.1) is 0 Å². The normalized spacial score (nSPS) is 23.2. The van der Waals surface area contributed by atoms with Crippen LogP contribution < -0.4 is 21.3 Å². The van der Waals surface area contributed by atoms with Gasteiger partial charge in [0.25, 0.3) is 0 Å². The minimum absolute atomic E-state index is 0.00495. The number of amides is 4. The predicted molar refractivity (Wildman–Crippen MR) is 124 cm³/mol. The molecule has 2 aliphatic heterocycles. The Labute approximate surface area is 190 Å². The first-order valence-electron chi connectivity index (χ1n) is 11.6. The average Bonchev–Trinajstić information content (AvgIpc) is 3.29. The zero-order chi connectivity index (χ0) is 22.5. The highest BCUT2D eigenvalue weighted by atomic mass is 32.2. The number of unbranched alkanes of at least 4 members (excludes halogenated alkanes) is 2. The molecular weight excluding hydrogens is 416 g/mol. The van der Waals surface area contributed by atoms with Crippen LogP contribution >= 0.6 is 11.8 Å². The quantitative estimate of drug-likeness (QED) is 0.183. The summed E-state index contributed by atoms with van der Waals surface area (Å²) in [5, 5.41) is 11.9. The lowest BCUT2D eigenvalue weighted by atomic mass is 10.0. The first kappa shape index (κ1) is 25.4. The Balaban J connectivity index is 1.50. The van der Waals surface area contributed by atoms with Crippen LogP contribution in [0.5, 0.6) is 0 Å². The van der Waals surface area contributed by atoms with Gasteiger partial charge >= 0.3 is 12.1 Å². The van der Waals surface area contributed by atoms with Crippen LogP contribution in [-0.2, 0) is 9.53 Å². The summed E-state index contributed by atoms with van der Waals surface area (Å²) in [7, 11) is 0. The largest absolute Gasteiger partial charge is 0.442 e. The zero-order valence-corrected chi connectivity index (χ0v) is 19.6. The minimum Gasteiger partial charge on any atom is -0.442 e. The van der Waals surface area contributed by atoms with Crippen molar-refractivity contribution in [3.05, 3.63) is 12.2 Å². The van der Waals surface area contributed by atoms with E-state index in [-0.39, 0.29) is 30.1 Å². The van der Waals surface area contributed by atoms with Gasteiger partial charge in [0.05, 0.1) is 12.1 Å². The van der Waals surface area contributed by atoms with Gasteiger partial charge in [0.1, 0.15) is 6.10 Å². The highest BCUT2D eigenvalue weighted by molar-refractivity contribution is 8.00. The number of hydrogen-bond acceptors (Lipinski definition) is 5. The first-order valence-corrected chi connectivity index (χ1v) is 12.6. The Morgan fingerprint density at radius 1 is 1.19 bits per heavy atom. The predicted octanol–water partition coefficient (Wildman–Crippen LogP) is 3.08. The fourth-order valence-electron chi connectivity index (χ4n) is 3.80. The maximum Gasteiger partial charge on any atom is 0.407 e. The van der Waals surface area contributed by atoms with Gasteiger partial charge in [0, 0.05) is 30.5 Å². The van der Waals surface area contributed by atoms with Gasteiger partial charge in [0.2, 0.25) is 5.91 Å². The first-order chi connectivity index (χ1) is 15.0. The van der Waals surface area contributed by atoms with Crippen LogP contribution in [0.15, 0.2) is 12.2 Å². The molecule has 0 aromatic carbocycles. The van der Waals surface area contributed by atoms with Crippen molar-refractivity contribution in [3.63, 3.8) is 0 Å². The van der Waals surface area contributed by atoms with Crippen molar-refractivity contribution in [1.29, 1.82) is 0 Å². The van der Waals surface area contributed by atoms with E-state index >= 15 is 0 Å². The molecule has 176 valence electrons. The lowest BCUT2D eigenvalue weighted by Gasteiger charge is -2.16. The number of fused-ring (bicyclic) bond motifs is 1. The lowest BCUT2D eigenvalue weighted by molar-refractivity contribution is -0.121. The molecule has 2 rings (SSSR count). The molecule has 0 aromatic heterocycles.